The Morgan fingerprint density at radius 2 is 1.93 bits per heavy atom. The van der Waals surface area contributed by atoms with Gasteiger partial charge in [0.15, 0.2) is 0 Å². The summed E-state index contributed by atoms with van der Waals surface area (Å²) in [5, 5.41) is 8.83. The van der Waals surface area contributed by atoms with Gasteiger partial charge in [-0.1, -0.05) is 12.1 Å². The summed E-state index contributed by atoms with van der Waals surface area (Å²) < 4.78 is 0. The maximum atomic E-state index is 8.83. The number of nitrogens with one attached hydrogen (secondary N) is 1. The van der Waals surface area contributed by atoms with E-state index >= 15 is 0 Å². The van der Waals surface area contributed by atoms with E-state index in [4.69, 9.17) is 11.0 Å². The minimum atomic E-state index is 0.682. The van der Waals surface area contributed by atoms with Crippen molar-refractivity contribution < 1.29 is 0 Å². The van der Waals surface area contributed by atoms with E-state index in [1.165, 1.54) is 0 Å². The van der Waals surface area contributed by atoms with Crippen LogP contribution in [0.15, 0.2) is 30.3 Å². The molecule has 1 aromatic carbocycles. The number of nitriles is 1. The lowest BCUT2D eigenvalue weighted by Gasteiger charge is -1.98. The third kappa shape index (κ3) is 1.70. The van der Waals surface area contributed by atoms with E-state index in [2.05, 4.69) is 11.1 Å². The molecular weight excluding hydrogens is 186 g/mol. The Kier molecular flexibility index (Phi) is 2.18. The summed E-state index contributed by atoms with van der Waals surface area (Å²) in [6.45, 7) is 1.89. The van der Waals surface area contributed by atoms with Crippen molar-refractivity contribution in [3.63, 3.8) is 0 Å². The van der Waals surface area contributed by atoms with E-state index in [9.17, 15) is 0 Å². The molecule has 2 aromatic rings. The van der Waals surface area contributed by atoms with Crippen molar-refractivity contribution in [3.05, 3.63) is 41.6 Å². The summed E-state index contributed by atoms with van der Waals surface area (Å²) in [6, 6.07) is 11.5. The number of nitrogens with zero attached hydrogens (tertiary/aromatic N) is 1. The van der Waals surface area contributed by atoms with Gasteiger partial charge in [-0.15, -0.1) is 0 Å². The van der Waals surface area contributed by atoms with Crippen molar-refractivity contribution in [3.8, 4) is 17.3 Å². The largest absolute Gasteiger partial charge is 0.399 e. The first-order chi connectivity index (χ1) is 7.20. The lowest BCUT2D eigenvalue weighted by Crippen LogP contribution is -1.83. The molecule has 0 spiro atoms. The second-order valence-corrected chi connectivity index (χ2v) is 3.46. The normalized spacial score (nSPS) is 9.87. The average molecular weight is 197 g/mol. The van der Waals surface area contributed by atoms with Gasteiger partial charge in [-0.05, 0) is 30.7 Å². The Bertz CT molecular complexity index is 515. The summed E-state index contributed by atoms with van der Waals surface area (Å²) in [6.07, 6.45) is 0. The van der Waals surface area contributed by atoms with Gasteiger partial charge in [-0.3, -0.25) is 0 Å². The molecule has 0 aliphatic carbocycles. The smallest absolute Gasteiger partial charge is 0.101 e. The average Bonchev–Trinajstić information content (AvgIpc) is 2.61. The number of hydrogen-bond donors (Lipinski definition) is 2. The molecule has 1 heterocycles. The molecule has 1 aromatic heterocycles. The maximum absolute atomic E-state index is 8.83. The molecule has 74 valence electrons. The minimum absolute atomic E-state index is 0.682. The molecular formula is C12H11N3. The standard InChI is InChI=1S/C12H11N3/c1-8-10(7-13)6-12(15-8)9-2-4-11(14)5-3-9/h2-6,15H,14H2,1H3. The van der Waals surface area contributed by atoms with Crippen LogP contribution in [0.4, 0.5) is 5.69 Å². The van der Waals surface area contributed by atoms with E-state index in [1.807, 2.05) is 37.3 Å². The highest BCUT2D eigenvalue weighted by molar-refractivity contribution is 5.64. The van der Waals surface area contributed by atoms with Crippen LogP contribution >= 0.6 is 0 Å². The van der Waals surface area contributed by atoms with Gasteiger partial charge in [-0.2, -0.15) is 5.26 Å². The SMILES string of the molecule is Cc1[nH]c(-c2ccc(N)cc2)cc1C#N. The van der Waals surface area contributed by atoms with Gasteiger partial charge in [0.25, 0.3) is 0 Å². The topological polar surface area (TPSA) is 65.6 Å². The Labute approximate surface area is 88.2 Å². The van der Waals surface area contributed by atoms with Crippen molar-refractivity contribution >= 4 is 5.69 Å². The highest BCUT2D eigenvalue weighted by Crippen LogP contribution is 2.22. The van der Waals surface area contributed by atoms with E-state index in [0.29, 0.717) is 5.56 Å². The number of hydrogen-bond acceptors (Lipinski definition) is 2. The number of H-pyrrole nitrogens is 1. The van der Waals surface area contributed by atoms with Gasteiger partial charge in [0.1, 0.15) is 6.07 Å². The predicted molar refractivity (Wildman–Crippen MR) is 60.1 cm³/mol. The molecule has 0 saturated carbocycles. The quantitative estimate of drug-likeness (QED) is 0.689. The fraction of sp³-hybridized carbons (Fsp3) is 0.0833. The molecule has 0 atom stereocenters. The highest BCUT2D eigenvalue weighted by Gasteiger charge is 2.04. The Balaban J connectivity index is 2.46. The first-order valence-electron chi connectivity index (χ1n) is 4.66. The van der Waals surface area contributed by atoms with Crippen molar-refractivity contribution in [2.75, 3.05) is 5.73 Å². The van der Waals surface area contributed by atoms with E-state index in [0.717, 1.165) is 22.6 Å². The van der Waals surface area contributed by atoms with Crippen LogP contribution in [0.1, 0.15) is 11.3 Å². The van der Waals surface area contributed by atoms with Crippen LogP contribution in [0.5, 0.6) is 0 Å². The molecule has 0 fully saturated rings. The van der Waals surface area contributed by atoms with Crippen molar-refractivity contribution in [2.24, 2.45) is 0 Å². The van der Waals surface area contributed by atoms with Crippen LogP contribution in [-0.4, -0.2) is 4.98 Å². The fourth-order valence-electron chi connectivity index (χ4n) is 1.49. The van der Waals surface area contributed by atoms with Crippen LogP contribution < -0.4 is 5.73 Å². The molecule has 3 heteroatoms. The summed E-state index contributed by atoms with van der Waals surface area (Å²) in [4.78, 5) is 3.17. The Morgan fingerprint density at radius 3 is 2.47 bits per heavy atom. The van der Waals surface area contributed by atoms with Crippen LogP contribution in [0.3, 0.4) is 0 Å². The first-order valence-corrected chi connectivity index (χ1v) is 4.66. The van der Waals surface area contributed by atoms with Crippen LogP contribution in [0, 0.1) is 18.3 Å². The number of aromatic nitrogens is 1. The minimum Gasteiger partial charge on any atom is -0.399 e. The zero-order valence-electron chi connectivity index (χ0n) is 8.41. The number of nitrogen functional groups attached to an aromatic ring is 1. The second-order valence-electron chi connectivity index (χ2n) is 3.46. The van der Waals surface area contributed by atoms with Gasteiger partial charge in [0.05, 0.1) is 5.56 Å². The lowest BCUT2D eigenvalue weighted by atomic mass is 10.1. The summed E-state index contributed by atoms with van der Waals surface area (Å²) in [7, 11) is 0. The molecule has 15 heavy (non-hydrogen) atoms. The van der Waals surface area contributed by atoms with Crippen molar-refractivity contribution in [1.29, 1.82) is 5.26 Å². The molecule has 0 aliphatic heterocycles. The van der Waals surface area contributed by atoms with Crippen LogP contribution in [0.2, 0.25) is 0 Å². The Morgan fingerprint density at radius 1 is 1.27 bits per heavy atom. The number of nitrogens with two attached hydrogens (primary N) is 1. The highest BCUT2D eigenvalue weighted by atomic mass is 14.7. The van der Waals surface area contributed by atoms with Gasteiger partial charge in [-0.25, -0.2) is 0 Å². The molecule has 3 N–H and O–H groups in total. The van der Waals surface area contributed by atoms with Crippen molar-refractivity contribution in [2.45, 2.75) is 6.92 Å². The third-order valence-corrected chi connectivity index (χ3v) is 2.36. The molecule has 0 amide bonds. The zero-order chi connectivity index (χ0) is 10.8. The second kappa shape index (κ2) is 3.50. The van der Waals surface area contributed by atoms with Crippen molar-refractivity contribution in [1.82, 2.24) is 4.98 Å². The van der Waals surface area contributed by atoms with Gasteiger partial charge in [0.2, 0.25) is 0 Å². The van der Waals surface area contributed by atoms with Crippen LogP contribution in [0.25, 0.3) is 11.3 Å². The monoisotopic (exact) mass is 197 g/mol. The molecule has 0 unspecified atom stereocenters. The van der Waals surface area contributed by atoms with Crippen LogP contribution in [-0.2, 0) is 0 Å². The zero-order valence-corrected chi connectivity index (χ0v) is 8.41. The first kappa shape index (κ1) is 9.35. The maximum Gasteiger partial charge on any atom is 0.101 e. The summed E-state index contributed by atoms with van der Waals surface area (Å²) >= 11 is 0. The molecule has 3 nitrogen and oxygen atoms in total. The molecule has 0 bridgehead atoms. The Hall–Kier alpha value is -2.21. The third-order valence-electron chi connectivity index (χ3n) is 2.36. The molecule has 2 rings (SSSR count). The van der Waals surface area contributed by atoms with E-state index in [-0.39, 0.29) is 0 Å². The molecule has 0 aliphatic rings. The summed E-state index contributed by atoms with van der Waals surface area (Å²) in [5.41, 5.74) is 9.90. The molecule has 0 radical (unpaired) electrons. The van der Waals surface area contributed by atoms with E-state index < -0.39 is 0 Å². The molecule has 0 saturated heterocycles. The predicted octanol–water partition coefficient (Wildman–Crippen LogP) is 2.44. The number of rotatable bonds is 1. The van der Waals surface area contributed by atoms with E-state index in [1.54, 1.807) is 0 Å². The summed E-state index contributed by atoms with van der Waals surface area (Å²) in [5.74, 6) is 0. The fourth-order valence-corrected chi connectivity index (χ4v) is 1.49. The number of benzene rings is 1. The van der Waals surface area contributed by atoms with Gasteiger partial charge < -0.3 is 10.7 Å². The van der Waals surface area contributed by atoms with Gasteiger partial charge >= 0.3 is 0 Å². The lowest BCUT2D eigenvalue weighted by molar-refractivity contribution is 1.25. The number of aryl methyl sites for hydroxylation is 1. The number of aromatic amines is 1. The van der Waals surface area contributed by atoms with Gasteiger partial charge in [0, 0.05) is 17.1 Å². The number of anilines is 1.